The van der Waals surface area contributed by atoms with Crippen LogP contribution in [0.5, 0.6) is 0 Å². The van der Waals surface area contributed by atoms with E-state index >= 15 is 0 Å². The molecule has 0 bridgehead atoms. The molecular formula is C14H22N2S. The molecular weight excluding hydrogens is 228 g/mol. The highest BCUT2D eigenvalue weighted by Gasteiger charge is 2.10. The summed E-state index contributed by atoms with van der Waals surface area (Å²) in [6, 6.07) is 8.81. The zero-order valence-corrected chi connectivity index (χ0v) is 11.8. The molecule has 2 nitrogen and oxygen atoms in total. The monoisotopic (exact) mass is 250 g/mol. The van der Waals surface area contributed by atoms with Gasteiger partial charge in [-0.1, -0.05) is 44.3 Å². The normalized spacial score (nSPS) is 12.7. The summed E-state index contributed by atoms with van der Waals surface area (Å²) in [6.45, 7) is 8.71. The molecule has 0 aliphatic heterocycles. The summed E-state index contributed by atoms with van der Waals surface area (Å²) in [7, 11) is 0. The largest absolute Gasteiger partial charge is 0.389 e. The van der Waals surface area contributed by atoms with Gasteiger partial charge in [-0.15, -0.1) is 0 Å². The Morgan fingerprint density at radius 1 is 1.41 bits per heavy atom. The van der Waals surface area contributed by atoms with Crippen LogP contribution in [0, 0.1) is 0 Å². The number of hydrogen-bond donors (Lipinski definition) is 1. The zero-order valence-electron chi connectivity index (χ0n) is 10.9. The van der Waals surface area contributed by atoms with Crippen LogP contribution in [-0.4, -0.2) is 22.5 Å². The van der Waals surface area contributed by atoms with E-state index in [0.29, 0.717) is 11.0 Å². The van der Waals surface area contributed by atoms with Crippen molar-refractivity contribution in [3.8, 4) is 0 Å². The van der Waals surface area contributed by atoms with Crippen molar-refractivity contribution in [3.05, 3.63) is 35.4 Å². The van der Waals surface area contributed by atoms with Gasteiger partial charge >= 0.3 is 0 Å². The zero-order chi connectivity index (χ0) is 12.8. The van der Waals surface area contributed by atoms with E-state index in [2.05, 4.69) is 37.8 Å². The van der Waals surface area contributed by atoms with Crippen LogP contribution in [0.15, 0.2) is 24.3 Å². The van der Waals surface area contributed by atoms with Crippen molar-refractivity contribution in [3.63, 3.8) is 0 Å². The molecule has 1 aromatic carbocycles. The minimum Gasteiger partial charge on any atom is -0.389 e. The van der Waals surface area contributed by atoms with Crippen LogP contribution in [0.1, 0.15) is 38.3 Å². The van der Waals surface area contributed by atoms with Gasteiger partial charge in [0.25, 0.3) is 0 Å². The molecule has 0 aliphatic carbocycles. The van der Waals surface area contributed by atoms with Gasteiger partial charge in [0.05, 0.1) is 0 Å². The number of hydrogen-bond acceptors (Lipinski definition) is 2. The number of thiocarbonyl (C=S) groups is 1. The van der Waals surface area contributed by atoms with E-state index in [1.807, 2.05) is 12.1 Å². The first-order valence-corrected chi connectivity index (χ1v) is 6.62. The molecule has 0 radical (unpaired) electrons. The third-order valence-corrected chi connectivity index (χ3v) is 3.45. The Hall–Kier alpha value is -0.930. The fourth-order valence-corrected chi connectivity index (χ4v) is 2.02. The molecule has 0 spiro atoms. The molecule has 1 atom stereocenters. The van der Waals surface area contributed by atoms with Crippen molar-refractivity contribution in [2.45, 2.75) is 39.8 Å². The van der Waals surface area contributed by atoms with Gasteiger partial charge in [0, 0.05) is 18.2 Å². The van der Waals surface area contributed by atoms with Gasteiger partial charge < -0.3 is 5.73 Å². The molecule has 94 valence electrons. The SMILES string of the molecule is CCC(C)N(CC)Cc1cccc(C(N)=S)c1. The molecule has 0 fully saturated rings. The maximum absolute atomic E-state index is 5.65. The maximum atomic E-state index is 5.65. The Morgan fingerprint density at radius 2 is 2.12 bits per heavy atom. The third-order valence-electron chi connectivity index (χ3n) is 3.22. The van der Waals surface area contributed by atoms with Gasteiger partial charge in [0.2, 0.25) is 0 Å². The summed E-state index contributed by atoms with van der Waals surface area (Å²) >= 11 is 5.00. The van der Waals surface area contributed by atoms with Crippen LogP contribution in [0.4, 0.5) is 0 Å². The average Bonchev–Trinajstić information content (AvgIpc) is 2.35. The molecule has 1 aromatic rings. The Labute approximate surface area is 110 Å². The van der Waals surface area contributed by atoms with Gasteiger partial charge in [-0.2, -0.15) is 0 Å². The standard InChI is InChI=1S/C14H22N2S/c1-4-11(3)16(5-2)10-12-7-6-8-13(9-12)14(15)17/h6-9,11H,4-5,10H2,1-3H3,(H2,15,17). The van der Waals surface area contributed by atoms with Crippen LogP contribution in [-0.2, 0) is 6.54 Å². The number of rotatable bonds is 6. The summed E-state index contributed by atoms with van der Waals surface area (Å²) < 4.78 is 0. The molecule has 0 amide bonds. The first-order chi connectivity index (χ1) is 8.08. The predicted molar refractivity (Wildman–Crippen MR) is 78.2 cm³/mol. The molecule has 0 heterocycles. The highest BCUT2D eigenvalue weighted by molar-refractivity contribution is 7.80. The van der Waals surface area contributed by atoms with Crippen LogP contribution in [0.25, 0.3) is 0 Å². The van der Waals surface area contributed by atoms with E-state index in [1.165, 1.54) is 12.0 Å². The molecule has 0 saturated carbocycles. The van der Waals surface area contributed by atoms with Crippen LogP contribution in [0.3, 0.4) is 0 Å². The summed E-state index contributed by atoms with van der Waals surface area (Å²) in [4.78, 5) is 2.93. The Balaban J connectivity index is 2.79. The summed E-state index contributed by atoms with van der Waals surface area (Å²) in [5.41, 5.74) is 7.88. The maximum Gasteiger partial charge on any atom is 0.103 e. The van der Waals surface area contributed by atoms with Crippen molar-refractivity contribution >= 4 is 17.2 Å². The lowest BCUT2D eigenvalue weighted by Gasteiger charge is -2.27. The number of benzene rings is 1. The summed E-state index contributed by atoms with van der Waals surface area (Å²) in [5.74, 6) is 0. The van der Waals surface area contributed by atoms with Gasteiger partial charge in [-0.25, -0.2) is 0 Å². The fourth-order valence-electron chi connectivity index (χ4n) is 1.89. The first-order valence-electron chi connectivity index (χ1n) is 6.21. The first kappa shape index (κ1) is 14.1. The van der Waals surface area contributed by atoms with Gasteiger partial charge in [-0.05, 0) is 31.5 Å². The topological polar surface area (TPSA) is 29.3 Å². The second-order valence-corrected chi connectivity index (χ2v) is 4.82. The lowest BCUT2D eigenvalue weighted by Crippen LogP contribution is -2.31. The fraction of sp³-hybridized carbons (Fsp3) is 0.500. The molecule has 0 aliphatic rings. The number of nitrogens with two attached hydrogens (primary N) is 1. The van der Waals surface area contributed by atoms with Crippen LogP contribution >= 0.6 is 12.2 Å². The summed E-state index contributed by atoms with van der Waals surface area (Å²) in [5, 5.41) is 0. The van der Waals surface area contributed by atoms with Crippen molar-refractivity contribution in [1.82, 2.24) is 4.90 Å². The average molecular weight is 250 g/mol. The minimum absolute atomic E-state index is 0.471. The Morgan fingerprint density at radius 3 is 2.65 bits per heavy atom. The van der Waals surface area contributed by atoms with Gasteiger partial charge in [0.15, 0.2) is 0 Å². The Bertz CT molecular complexity index is 376. The van der Waals surface area contributed by atoms with Gasteiger partial charge in [0.1, 0.15) is 4.99 Å². The van der Waals surface area contributed by atoms with Crippen molar-refractivity contribution in [2.75, 3.05) is 6.54 Å². The molecule has 1 unspecified atom stereocenters. The van der Waals surface area contributed by atoms with Crippen molar-refractivity contribution in [1.29, 1.82) is 0 Å². The second-order valence-electron chi connectivity index (χ2n) is 4.38. The number of nitrogens with zero attached hydrogens (tertiary/aromatic N) is 1. The summed E-state index contributed by atoms with van der Waals surface area (Å²) in [6.07, 6.45) is 1.17. The smallest absolute Gasteiger partial charge is 0.103 e. The van der Waals surface area contributed by atoms with E-state index in [1.54, 1.807) is 0 Å². The highest BCUT2D eigenvalue weighted by atomic mass is 32.1. The van der Waals surface area contributed by atoms with E-state index in [4.69, 9.17) is 18.0 Å². The van der Waals surface area contributed by atoms with Crippen LogP contribution in [0.2, 0.25) is 0 Å². The van der Waals surface area contributed by atoms with E-state index < -0.39 is 0 Å². The predicted octanol–water partition coefficient (Wildman–Crippen LogP) is 2.94. The van der Waals surface area contributed by atoms with E-state index in [9.17, 15) is 0 Å². The lowest BCUT2D eigenvalue weighted by atomic mass is 10.1. The molecule has 2 N–H and O–H groups in total. The van der Waals surface area contributed by atoms with E-state index in [0.717, 1.165) is 18.7 Å². The molecule has 0 aromatic heterocycles. The quantitative estimate of drug-likeness (QED) is 0.787. The molecule has 3 heteroatoms. The van der Waals surface area contributed by atoms with E-state index in [-0.39, 0.29) is 0 Å². The lowest BCUT2D eigenvalue weighted by molar-refractivity contribution is 0.206. The van der Waals surface area contributed by atoms with Crippen LogP contribution < -0.4 is 5.73 Å². The van der Waals surface area contributed by atoms with Crippen molar-refractivity contribution in [2.24, 2.45) is 5.73 Å². The highest BCUT2D eigenvalue weighted by Crippen LogP contribution is 2.12. The molecule has 17 heavy (non-hydrogen) atoms. The minimum atomic E-state index is 0.471. The third kappa shape index (κ3) is 4.10. The second kappa shape index (κ2) is 6.72. The Kier molecular flexibility index (Phi) is 5.59. The van der Waals surface area contributed by atoms with Gasteiger partial charge in [-0.3, -0.25) is 4.90 Å². The molecule has 1 rings (SSSR count). The van der Waals surface area contributed by atoms with Crippen molar-refractivity contribution < 1.29 is 0 Å². The molecule has 0 saturated heterocycles.